The molecular formula is C16H23NO4. The van der Waals surface area contributed by atoms with E-state index in [1.165, 1.54) is 13.8 Å². The zero-order valence-corrected chi connectivity index (χ0v) is 12.8. The average Bonchev–Trinajstić information content (AvgIpc) is 2.37. The maximum atomic E-state index is 11.6. The summed E-state index contributed by atoms with van der Waals surface area (Å²) in [4.78, 5) is 22.5. The van der Waals surface area contributed by atoms with Gasteiger partial charge >= 0.3 is 5.97 Å². The maximum Gasteiger partial charge on any atom is 0.328 e. The van der Waals surface area contributed by atoms with E-state index in [0.717, 1.165) is 17.7 Å². The standard InChI is InChI=1S/C16H23NO4/c1-12-7-6-8-13(11-12)21-10-5-4-9-14(18)17-16(2,3)15(19)20/h6-8,11H,4-5,9-10H2,1-3H3,(H,17,18)(H,19,20). The molecular weight excluding hydrogens is 270 g/mol. The summed E-state index contributed by atoms with van der Waals surface area (Å²) in [6, 6.07) is 7.80. The molecule has 5 heteroatoms. The molecule has 1 amide bonds. The van der Waals surface area contributed by atoms with E-state index in [1.54, 1.807) is 0 Å². The summed E-state index contributed by atoms with van der Waals surface area (Å²) in [5.41, 5.74) is -0.0856. The van der Waals surface area contributed by atoms with E-state index in [0.29, 0.717) is 19.4 Å². The lowest BCUT2D eigenvalue weighted by Crippen LogP contribution is -2.49. The molecule has 21 heavy (non-hydrogen) atoms. The molecule has 0 spiro atoms. The van der Waals surface area contributed by atoms with E-state index in [-0.39, 0.29) is 5.91 Å². The molecule has 5 nitrogen and oxygen atoms in total. The van der Waals surface area contributed by atoms with E-state index in [2.05, 4.69) is 5.32 Å². The predicted octanol–water partition coefficient (Wildman–Crippen LogP) is 2.52. The van der Waals surface area contributed by atoms with Gasteiger partial charge in [-0.05, 0) is 51.3 Å². The van der Waals surface area contributed by atoms with Crippen LogP contribution in [0.2, 0.25) is 0 Å². The van der Waals surface area contributed by atoms with Crippen LogP contribution in [0.4, 0.5) is 0 Å². The van der Waals surface area contributed by atoms with E-state index < -0.39 is 11.5 Å². The van der Waals surface area contributed by atoms with Gasteiger partial charge in [0.05, 0.1) is 6.61 Å². The zero-order chi connectivity index (χ0) is 15.9. The third kappa shape index (κ3) is 6.29. The summed E-state index contributed by atoms with van der Waals surface area (Å²) in [5, 5.41) is 11.4. The van der Waals surface area contributed by atoms with Crippen LogP contribution in [0.3, 0.4) is 0 Å². The van der Waals surface area contributed by atoms with Crippen LogP contribution in [-0.4, -0.2) is 29.1 Å². The third-order valence-corrected chi connectivity index (χ3v) is 3.04. The highest BCUT2D eigenvalue weighted by Gasteiger charge is 2.28. The summed E-state index contributed by atoms with van der Waals surface area (Å²) in [5.74, 6) is -0.469. The van der Waals surface area contributed by atoms with Crippen LogP contribution in [0.5, 0.6) is 5.75 Å². The van der Waals surface area contributed by atoms with Gasteiger partial charge in [-0.25, -0.2) is 4.79 Å². The monoisotopic (exact) mass is 293 g/mol. The van der Waals surface area contributed by atoms with E-state index >= 15 is 0 Å². The van der Waals surface area contributed by atoms with Crippen LogP contribution in [0.1, 0.15) is 38.7 Å². The number of unbranched alkanes of at least 4 members (excludes halogenated alkanes) is 1. The Bertz CT molecular complexity index is 497. The molecule has 1 aromatic carbocycles. The lowest BCUT2D eigenvalue weighted by molar-refractivity contribution is -0.146. The number of carbonyl (C=O) groups excluding carboxylic acids is 1. The summed E-state index contributed by atoms with van der Waals surface area (Å²) in [6.07, 6.45) is 1.70. The summed E-state index contributed by atoms with van der Waals surface area (Å²) >= 11 is 0. The van der Waals surface area contributed by atoms with Crippen molar-refractivity contribution in [2.75, 3.05) is 6.61 Å². The highest BCUT2D eigenvalue weighted by Crippen LogP contribution is 2.13. The van der Waals surface area contributed by atoms with Gasteiger partial charge in [0.1, 0.15) is 11.3 Å². The van der Waals surface area contributed by atoms with Crippen molar-refractivity contribution < 1.29 is 19.4 Å². The van der Waals surface area contributed by atoms with Gasteiger partial charge in [-0.1, -0.05) is 12.1 Å². The van der Waals surface area contributed by atoms with E-state index in [4.69, 9.17) is 9.84 Å². The van der Waals surface area contributed by atoms with Crippen molar-refractivity contribution in [2.24, 2.45) is 0 Å². The normalized spacial score (nSPS) is 11.0. The smallest absolute Gasteiger partial charge is 0.328 e. The fourth-order valence-corrected chi connectivity index (χ4v) is 1.75. The van der Waals surface area contributed by atoms with Crippen molar-refractivity contribution in [1.29, 1.82) is 0 Å². The minimum atomic E-state index is -1.23. The highest BCUT2D eigenvalue weighted by atomic mass is 16.5. The zero-order valence-electron chi connectivity index (χ0n) is 12.8. The third-order valence-electron chi connectivity index (χ3n) is 3.04. The number of rotatable bonds is 8. The van der Waals surface area contributed by atoms with E-state index in [9.17, 15) is 9.59 Å². The quantitative estimate of drug-likeness (QED) is 0.722. The molecule has 0 heterocycles. The molecule has 0 saturated heterocycles. The Morgan fingerprint density at radius 1 is 1.29 bits per heavy atom. The molecule has 0 unspecified atom stereocenters. The SMILES string of the molecule is Cc1cccc(OCCCCC(=O)NC(C)(C)C(=O)O)c1. The number of carbonyl (C=O) groups is 2. The number of amides is 1. The van der Waals surface area contributed by atoms with Gasteiger partial charge in [-0.3, -0.25) is 4.79 Å². The Morgan fingerprint density at radius 2 is 2.00 bits per heavy atom. The molecule has 116 valence electrons. The van der Waals surface area contributed by atoms with Crippen molar-refractivity contribution in [3.05, 3.63) is 29.8 Å². The van der Waals surface area contributed by atoms with Gasteiger partial charge in [-0.15, -0.1) is 0 Å². The summed E-state index contributed by atoms with van der Waals surface area (Å²) in [7, 11) is 0. The lowest BCUT2D eigenvalue weighted by atomic mass is 10.1. The number of carboxylic acid groups (broad SMARTS) is 1. The number of ether oxygens (including phenoxy) is 1. The number of aliphatic carboxylic acids is 1. The molecule has 0 aliphatic rings. The Hall–Kier alpha value is -2.04. The van der Waals surface area contributed by atoms with Gasteiger partial charge in [0, 0.05) is 6.42 Å². The van der Waals surface area contributed by atoms with Crippen LogP contribution in [0, 0.1) is 6.92 Å². The topological polar surface area (TPSA) is 75.6 Å². The van der Waals surface area contributed by atoms with Crippen molar-refractivity contribution in [3.8, 4) is 5.75 Å². The lowest BCUT2D eigenvalue weighted by Gasteiger charge is -2.20. The molecule has 1 rings (SSSR count). The molecule has 0 aromatic heterocycles. The number of carboxylic acids is 1. The number of nitrogens with one attached hydrogen (secondary N) is 1. The van der Waals surface area contributed by atoms with Gasteiger partial charge in [0.15, 0.2) is 0 Å². The first kappa shape index (κ1) is 17.0. The van der Waals surface area contributed by atoms with Crippen LogP contribution < -0.4 is 10.1 Å². The fourth-order valence-electron chi connectivity index (χ4n) is 1.75. The van der Waals surface area contributed by atoms with Crippen molar-refractivity contribution in [2.45, 2.75) is 45.6 Å². The van der Waals surface area contributed by atoms with Crippen LogP contribution in [-0.2, 0) is 9.59 Å². The second-order valence-electron chi connectivity index (χ2n) is 5.60. The van der Waals surface area contributed by atoms with Gasteiger partial charge in [-0.2, -0.15) is 0 Å². The van der Waals surface area contributed by atoms with Crippen LogP contribution in [0.25, 0.3) is 0 Å². The first-order valence-electron chi connectivity index (χ1n) is 7.05. The van der Waals surface area contributed by atoms with Crippen LogP contribution in [0.15, 0.2) is 24.3 Å². The number of hydrogen-bond acceptors (Lipinski definition) is 3. The molecule has 2 N–H and O–H groups in total. The second-order valence-corrected chi connectivity index (χ2v) is 5.60. The molecule has 0 atom stereocenters. The molecule has 0 aliphatic carbocycles. The second kappa shape index (κ2) is 7.67. The summed E-state index contributed by atoms with van der Waals surface area (Å²) < 4.78 is 5.58. The molecule has 0 saturated carbocycles. The highest BCUT2D eigenvalue weighted by molar-refractivity contribution is 5.86. The van der Waals surface area contributed by atoms with Crippen molar-refractivity contribution in [1.82, 2.24) is 5.32 Å². The first-order chi connectivity index (χ1) is 9.81. The van der Waals surface area contributed by atoms with Crippen LogP contribution >= 0.6 is 0 Å². The Balaban J connectivity index is 2.20. The molecule has 0 bridgehead atoms. The molecule has 1 aromatic rings. The number of hydrogen-bond donors (Lipinski definition) is 2. The Labute approximate surface area is 125 Å². The molecule has 0 fully saturated rings. The predicted molar refractivity (Wildman–Crippen MR) is 80.4 cm³/mol. The summed E-state index contributed by atoms with van der Waals surface area (Å²) in [6.45, 7) is 5.47. The first-order valence-corrected chi connectivity index (χ1v) is 7.05. The van der Waals surface area contributed by atoms with Gasteiger partial charge < -0.3 is 15.2 Å². The largest absolute Gasteiger partial charge is 0.494 e. The fraction of sp³-hybridized carbons (Fsp3) is 0.500. The number of benzene rings is 1. The minimum Gasteiger partial charge on any atom is -0.494 e. The van der Waals surface area contributed by atoms with E-state index in [1.807, 2.05) is 31.2 Å². The van der Waals surface area contributed by atoms with Crippen molar-refractivity contribution in [3.63, 3.8) is 0 Å². The maximum absolute atomic E-state index is 11.6. The van der Waals surface area contributed by atoms with Crippen molar-refractivity contribution >= 4 is 11.9 Å². The minimum absolute atomic E-state index is 0.252. The molecule has 0 radical (unpaired) electrons. The average molecular weight is 293 g/mol. The Kier molecular flexibility index (Phi) is 6.21. The van der Waals surface area contributed by atoms with Gasteiger partial charge in [0.25, 0.3) is 0 Å². The molecule has 0 aliphatic heterocycles. The van der Waals surface area contributed by atoms with Gasteiger partial charge in [0.2, 0.25) is 5.91 Å². The Morgan fingerprint density at radius 3 is 2.62 bits per heavy atom. The number of aryl methyl sites for hydroxylation is 1.